The quantitative estimate of drug-likeness (QED) is 0.643. The fourth-order valence-corrected chi connectivity index (χ4v) is 1.99. The van der Waals surface area contributed by atoms with Gasteiger partial charge in [-0.05, 0) is 19.3 Å². The molecule has 4 heteroatoms. The second-order valence-corrected chi connectivity index (χ2v) is 4.59. The third-order valence-corrected chi connectivity index (χ3v) is 3.12. The molecule has 0 radical (unpaired) electrons. The summed E-state index contributed by atoms with van der Waals surface area (Å²) in [5, 5.41) is 2.85. The summed E-state index contributed by atoms with van der Waals surface area (Å²) in [5.74, 6) is -0.0101. The minimum Gasteiger partial charge on any atom is -0.380 e. The lowest BCUT2D eigenvalue weighted by Gasteiger charge is -2.22. The van der Waals surface area contributed by atoms with Gasteiger partial charge in [-0.2, -0.15) is 0 Å². The summed E-state index contributed by atoms with van der Waals surface area (Å²) in [7, 11) is 0. The van der Waals surface area contributed by atoms with Gasteiger partial charge >= 0.3 is 0 Å². The Labute approximate surface area is 97.9 Å². The van der Waals surface area contributed by atoms with E-state index in [0.29, 0.717) is 13.2 Å². The molecule has 3 N–H and O–H groups in total. The van der Waals surface area contributed by atoms with Crippen LogP contribution in [0.4, 0.5) is 0 Å². The molecule has 94 valence electrons. The van der Waals surface area contributed by atoms with Gasteiger partial charge in [0.25, 0.3) is 0 Å². The van der Waals surface area contributed by atoms with Crippen molar-refractivity contribution < 1.29 is 9.53 Å². The van der Waals surface area contributed by atoms with E-state index in [0.717, 1.165) is 45.1 Å². The van der Waals surface area contributed by atoms with Crippen molar-refractivity contribution in [3.63, 3.8) is 0 Å². The van der Waals surface area contributed by atoms with Crippen LogP contribution >= 0.6 is 0 Å². The van der Waals surface area contributed by atoms with E-state index in [1.165, 1.54) is 0 Å². The van der Waals surface area contributed by atoms with Crippen LogP contribution in [0.2, 0.25) is 0 Å². The van der Waals surface area contributed by atoms with Crippen LogP contribution in [0.3, 0.4) is 0 Å². The number of ether oxygens (including phenoxy) is 1. The fraction of sp³-hybridized carbons (Fsp3) is 0.917. The minimum atomic E-state index is -0.608. The predicted molar refractivity (Wildman–Crippen MR) is 64.1 cm³/mol. The summed E-state index contributed by atoms with van der Waals surface area (Å²) < 4.78 is 5.36. The second-order valence-electron chi connectivity index (χ2n) is 4.59. The van der Waals surface area contributed by atoms with E-state index in [-0.39, 0.29) is 5.91 Å². The number of rotatable bonds is 7. The van der Waals surface area contributed by atoms with Crippen molar-refractivity contribution in [3.05, 3.63) is 0 Å². The highest BCUT2D eigenvalue weighted by Gasteiger charge is 2.36. The van der Waals surface area contributed by atoms with Gasteiger partial charge in [-0.3, -0.25) is 4.79 Å². The number of unbranched alkanes of at least 4 members (excludes halogenated alkanes) is 1. The van der Waals surface area contributed by atoms with E-state index in [4.69, 9.17) is 10.5 Å². The number of carbonyl (C=O) groups is 1. The number of nitrogens with two attached hydrogens (primary N) is 1. The van der Waals surface area contributed by atoms with Gasteiger partial charge in [-0.25, -0.2) is 0 Å². The Morgan fingerprint density at radius 3 is 2.69 bits per heavy atom. The van der Waals surface area contributed by atoms with Crippen LogP contribution in [0, 0.1) is 0 Å². The molecular weight excluding hydrogens is 204 g/mol. The van der Waals surface area contributed by atoms with Crippen LogP contribution in [0.25, 0.3) is 0 Å². The first kappa shape index (κ1) is 13.5. The lowest BCUT2D eigenvalue weighted by atomic mass is 9.98. The monoisotopic (exact) mass is 228 g/mol. The lowest BCUT2D eigenvalue weighted by Crippen LogP contribution is -2.52. The highest BCUT2D eigenvalue weighted by molar-refractivity contribution is 5.86. The molecule has 1 fully saturated rings. The molecule has 0 bridgehead atoms. The zero-order valence-corrected chi connectivity index (χ0v) is 10.3. The number of carbonyl (C=O) groups excluding carboxylic acids is 1. The standard InChI is InChI=1S/C12H24N2O2/c1-2-3-9-16-10-8-14-11(15)12(13)6-4-5-7-12/h2-10,13H2,1H3,(H,14,15). The second kappa shape index (κ2) is 6.86. The van der Waals surface area contributed by atoms with Crippen LogP contribution in [0.15, 0.2) is 0 Å². The molecular formula is C12H24N2O2. The highest BCUT2D eigenvalue weighted by Crippen LogP contribution is 2.26. The molecule has 0 saturated heterocycles. The Kier molecular flexibility index (Phi) is 5.77. The Bertz CT molecular complexity index is 213. The van der Waals surface area contributed by atoms with Crippen LogP contribution in [-0.2, 0) is 9.53 Å². The number of nitrogens with one attached hydrogen (secondary N) is 1. The van der Waals surface area contributed by atoms with Gasteiger partial charge in [0.2, 0.25) is 5.91 Å². The SMILES string of the molecule is CCCCOCCNC(=O)C1(N)CCCC1. The molecule has 1 rings (SSSR count). The van der Waals surface area contributed by atoms with Crippen LogP contribution in [0.5, 0.6) is 0 Å². The summed E-state index contributed by atoms with van der Waals surface area (Å²) in [4.78, 5) is 11.8. The molecule has 1 amide bonds. The largest absolute Gasteiger partial charge is 0.380 e. The molecule has 0 aliphatic heterocycles. The molecule has 0 aromatic heterocycles. The average molecular weight is 228 g/mol. The lowest BCUT2D eigenvalue weighted by molar-refractivity contribution is -0.126. The Morgan fingerprint density at radius 2 is 2.06 bits per heavy atom. The van der Waals surface area contributed by atoms with E-state index >= 15 is 0 Å². The predicted octanol–water partition coefficient (Wildman–Crippen LogP) is 1.19. The summed E-state index contributed by atoms with van der Waals surface area (Å²) in [6.07, 6.45) is 5.98. The molecule has 1 saturated carbocycles. The average Bonchev–Trinajstić information content (AvgIpc) is 2.71. The normalized spacial score (nSPS) is 18.6. The number of hydrogen-bond donors (Lipinski definition) is 2. The van der Waals surface area contributed by atoms with Crippen LogP contribution < -0.4 is 11.1 Å². The zero-order chi connectivity index (χ0) is 11.9. The summed E-state index contributed by atoms with van der Waals surface area (Å²) in [6, 6.07) is 0. The third kappa shape index (κ3) is 4.10. The topological polar surface area (TPSA) is 64.3 Å². The molecule has 0 unspecified atom stereocenters. The van der Waals surface area contributed by atoms with Crippen molar-refractivity contribution in [2.45, 2.75) is 51.0 Å². The molecule has 0 aromatic carbocycles. The first-order valence-corrected chi connectivity index (χ1v) is 6.34. The van der Waals surface area contributed by atoms with Gasteiger partial charge in [0, 0.05) is 13.2 Å². The maximum absolute atomic E-state index is 11.8. The van der Waals surface area contributed by atoms with Gasteiger partial charge in [-0.1, -0.05) is 26.2 Å². The van der Waals surface area contributed by atoms with Crippen molar-refractivity contribution >= 4 is 5.91 Å². The van der Waals surface area contributed by atoms with E-state index in [9.17, 15) is 4.79 Å². The number of amides is 1. The molecule has 16 heavy (non-hydrogen) atoms. The van der Waals surface area contributed by atoms with E-state index < -0.39 is 5.54 Å². The molecule has 1 aliphatic carbocycles. The van der Waals surface area contributed by atoms with E-state index in [2.05, 4.69) is 12.2 Å². The smallest absolute Gasteiger partial charge is 0.240 e. The molecule has 1 aliphatic rings. The zero-order valence-electron chi connectivity index (χ0n) is 10.3. The summed E-state index contributed by atoms with van der Waals surface area (Å²) in [5.41, 5.74) is 5.40. The van der Waals surface area contributed by atoms with Gasteiger partial charge < -0.3 is 15.8 Å². The Morgan fingerprint density at radius 1 is 1.38 bits per heavy atom. The van der Waals surface area contributed by atoms with E-state index in [1.807, 2.05) is 0 Å². The Balaban J connectivity index is 2.06. The van der Waals surface area contributed by atoms with Gasteiger partial charge in [0.15, 0.2) is 0 Å². The van der Waals surface area contributed by atoms with Crippen molar-refractivity contribution in [3.8, 4) is 0 Å². The van der Waals surface area contributed by atoms with Crippen molar-refractivity contribution in [2.24, 2.45) is 5.73 Å². The third-order valence-electron chi connectivity index (χ3n) is 3.12. The summed E-state index contributed by atoms with van der Waals surface area (Å²) >= 11 is 0. The van der Waals surface area contributed by atoms with Gasteiger partial charge in [-0.15, -0.1) is 0 Å². The molecule has 4 nitrogen and oxygen atoms in total. The van der Waals surface area contributed by atoms with Crippen molar-refractivity contribution in [1.82, 2.24) is 5.32 Å². The maximum Gasteiger partial charge on any atom is 0.240 e. The van der Waals surface area contributed by atoms with Crippen molar-refractivity contribution in [1.29, 1.82) is 0 Å². The molecule has 0 aromatic rings. The summed E-state index contributed by atoms with van der Waals surface area (Å²) in [6.45, 7) is 4.06. The molecule has 0 atom stereocenters. The van der Waals surface area contributed by atoms with Gasteiger partial charge in [0.1, 0.15) is 0 Å². The fourth-order valence-electron chi connectivity index (χ4n) is 1.99. The maximum atomic E-state index is 11.8. The Hall–Kier alpha value is -0.610. The van der Waals surface area contributed by atoms with Crippen molar-refractivity contribution in [2.75, 3.05) is 19.8 Å². The number of hydrogen-bond acceptors (Lipinski definition) is 3. The minimum absolute atomic E-state index is 0.0101. The van der Waals surface area contributed by atoms with Crippen LogP contribution in [-0.4, -0.2) is 31.2 Å². The molecule has 0 heterocycles. The first-order valence-electron chi connectivity index (χ1n) is 6.34. The highest BCUT2D eigenvalue weighted by atomic mass is 16.5. The van der Waals surface area contributed by atoms with E-state index in [1.54, 1.807) is 0 Å². The van der Waals surface area contributed by atoms with Gasteiger partial charge in [0.05, 0.1) is 12.1 Å². The van der Waals surface area contributed by atoms with Crippen LogP contribution in [0.1, 0.15) is 45.4 Å². The first-order chi connectivity index (χ1) is 7.69. The molecule has 0 spiro atoms.